The quantitative estimate of drug-likeness (QED) is 0.783. The minimum Gasteiger partial charge on any atom is -0.493 e. The first-order valence-corrected chi connectivity index (χ1v) is 11.1. The van der Waals surface area contributed by atoms with Gasteiger partial charge in [0, 0.05) is 31.5 Å². The summed E-state index contributed by atoms with van der Waals surface area (Å²) in [4.78, 5) is 6.63. The number of methoxy groups -OCH3 is 1. The van der Waals surface area contributed by atoms with Gasteiger partial charge in [0.25, 0.3) is 0 Å². The molecule has 1 aromatic heterocycles. The molecule has 0 spiro atoms. The zero-order valence-electron chi connectivity index (χ0n) is 18.7. The highest BCUT2D eigenvalue weighted by Gasteiger charge is 2.39. The Morgan fingerprint density at radius 3 is 2.77 bits per heavy atom. The van der Waals surface area contributed by atoms with Crippen molar-refractivity contribution in [3.05, 3.63) is 42.0 Å². The topological polar surface area (TPSA) is 59.8 Å². The van der Waals surface area contributed by atoms with Crippen LogP contribution < -0.4 is 9.47 Å². The Balaban J connectivity index is 1.49. The summed E-state index contributed by atoms with van der Waals surface area (Å²) in [5.41, 5.74) is 2.84. The lowest BCUT2D eigenvalue weighted by Gasteiger charge is -2.47. The van der Waals surface area contributed by atoms with Gasteiger partial charge in [0.15, 0.2) is 11.5 Å². The summed E-state index contributed by atoms with van der Waals surface area (Å²) >= 11 is 0. The molecule has 6 nitrogen and oxygen atoms in total. The molecule has 164 valence electrons. The fourth-order valence-electron chi connectivity index (χ4n) is 5.04. The standard InChI is InChI=1S/C24H35N3O3/c1-24(2,3)14-18-15-27-7-5-17-11-23(30-10-9-26-8-6-25-16-26)22(29-4)12-19(17)20(27)13-21(18)28/h6,8,11-12,16,18,20-21,28H,5,7,9-10,13-15H2,1-4H3/t18-,20-,21-/m1/s1. The molecule has 0 radical (unpaired) electrons. The molecule has 1 fully saturated rings. The van der Waals surface area contributed by atoms with E-state index in [1.54, 1.807) is 19.6 Å². The number of aliphatic hydroxyl groups excluding tert-OH is 1. The van der Waals surface area contributed by atoms with Gasteiger partial charge in [0.05, 0.1) is 26.1 Å². The van der Waals surface area contributed by atoms with Gasteiger partial charge in [0.2, 0.25) is 0 Å². The number of rotatable bonds is 6. The average Bonchev–Trinajstić information content (AvgIpc) is 3.20. The molecule has 3 atom stereocenters. The number of nitrogens with zero attached hydrogens (tertiary/aromatic N) is 3. The molecule has 2 aromatic rings. The SMILES string of the molecule is COc1cc2c(cc1OCCn1ccnc1)CCN1C[C@@H](CC(C)(C)C)[C@H](O)C[C@H]21. The van der Waals surface area contributed by atoms with Gasteiger partial charge in [0.1, 0.15) is 6.61 Å². The summed E-state index contributed by atoms with van der Waals surface area (Å²) in [5, 5.41) is 10.9. The van der Waals surface area contributed by atoms with Crippen LogP contribution in [-0.2, 0) is 13.0 Å². The third kappa shape index (κ3) is 4.65. The first-order chi connectivity index (χ1) is 14.3. The van der Waals surface area contributed by atoms with E-state index >= 15 is 0 Å². The van der Waals surface area contributed by atoms with Gasteiger partial charge in [-0.1, -0.05) is 20.8 Å². The van der Waals surface area contributed by atoms with Crippen molar-refractivity contribution in [3.8, 4) is 11.5 Å². The van der Waals surface area contributed by atoms with Crippen molar-refractivity contribution in [1.82, 2.24) is 14.5 Å². The second-order valence-corrected chi connectivity index (χ2v) is 9.94. The fraction of sp³-hybridized carbons (Fsp3) is 0.625. The summed E-state index contributed by atoms with van der Waals surface area (Å²) < 4.78 is 13.7. The molecule has 3 heterocycles. The number of hydrogen-bond acceptors (Lipinski definition) is 5. The zero-order valence-corrected chi connectivity index (χ0v) is 18.7. The molecular formula is C24H35N3O3. The van der Waals surface area contributed by atoms with Gasteiger partial charge in [-0.15, -0.1) is 0 Å². The van der Waals surface area contributed by atoms with Crippen LogP contribution >= 0.6 is 0 Å². The predicted octanol–water partition coefficient (Wildman–Crippen LogP) is 3.69. The molecule has 6 heteroatoms. The summed E-state index contributed by atoms with van der Waals surface area (Å²) in [6, 6.07) is 4.54. The highest BCUT2D eigenvalue weighted by molar-refractivity contribution is 5.49. The average molecular weight is 414 g/mol. The number of ether oxygens (including phenoxy) is 2. The molecule has 0 bridgehead atoms. The number of benzene rings is 1. The smallest absolute Gasteiger partial charge is 0.161 e. The number of aromatic nitrogens is 2. The van der Waals surface area contributed by atoms with Crippen LogP contribution in [0, 0.1) is 11.3 Å². The van der Waals surface area contributed by atoms with Crippen LogP contribution in [0.4, 0.5) is 0 Å². The van der Waals surface area contributed by atoms with E-state index in [1.807, 2.05) is 10.8 Å². The van der Waals surface area contributed by atoms with E-state index in [9.17, 15) is 5.11 Å². The maximum absolute atomic E-state index is 10.9. The maximum Gasteiger partial charge on any atom is 0.161 e. The van der Waals surface area contributed by atoms with Crippen LogP contribution in [-0.4, -0.2) is 52.5 Å². The van der Waals surface area contributed by atoms with Crippen molar-refractivity contribution >= 4 is 0 Å². The van der Waals surface area contributed by atoms with Gasteiger partial charge in [-0.25, -0.2) is 4.98 Å². The Kier molecular flexibility index (Phi) is 6.07. The first kappa shape index (κ1) is 21.2. The number of fused-ring (bicyclic) bond motifs is 3. The summed E-state index contributed by atoms with van der Waals surface area (Å²) in [7, 11) is 1.69. The second kappa shape index (κ2) is 8.60. The van der Waals surface area contributed by atoms with Crippen LogP contribution in [0.15, 0.2) is 30.9 Å². The van der Waals surface area contributed by atoms with E-state index in [2.05, 4.69) is 42.8 Å². The lowest BCUT2D eigenvalue weighted by atomic mass is 9.75. The van der Waals surface area contributed by atoms with Crippen molar-refractivity contribution in [1.29, 1.82) is 0 Å². The predicted molar refractivity (Wildman–Crippen MR) is 117 cm³/mol. The molecule has 1 saturated heterocycles. The molecule has 0 unspecified atom stereocenters. The van der Waals surface area contributed by atoms with E-state index in [0.717, 1.165) is 50.4 Å². The number of hydrogen-bond donors (Lipinski definition) is 1. The van der Waals surface area contributed by atoms with Gasteiger partial charge in [-0.05, 0) is 53.9 Å². The molecule has 0 amide bonds. The third-order valence-electron chi connectivity index (χ3n) is 6.41. The minimum atomic E-state index is -0.256. The van der Waals surface area contributed by atoms with Crippen LogP contribution in [0.2, 0.25) is 0 Å². The lowest BCUT2D eigenvalue weighted by Crippen LogP contribution is -2.48. The Bertz CT molecular complexity index is 844. The molecule has 0 aliphatic carbocycles. The molecular weight excluding hydrogens is 378 g/mol. The highest BCUT2D eigenvalue weighted by Crippen LogP contribution is 2.44. The van der Waals surface area contributed by atoms with Gasteiger partial charge < -0.3 is 19.1 Å². The summed E-state index contributed by atoms with van der Waals surface area (Å²) in [5.74, 6) is 1.91. The summed E-state index contributed by atoms with van der Waals surface area (Å²) in [6.07, 6.45) is 8.09. The van der Waals surface area contributed by atoms with Gasteiger partial charge >= 0.3 is 0 Å². The van der Waals surface area contributed by atoms with E-state index in [-0.39, 0.29) is 17.6 Å². The number of aliphatic hydroxyl groups is 1. The molecule has 30 heavy (non-hydrogen) atoms. The second-order valence-electron chi connectivity index (χ2n) is 9.94. The Hall–Kier alpha value is -2.05. The Morgan fingerprint density at radius 2 is 2.07 bits per heavy atom. The van der Waals surface area contributed by atoms with Crippen molar-refractivity contribution in [2.24, 2.45) is 11.3 Å². The first-order valence-electron chi connectivity index (χ1n) is 11.1. The molecule has 4 rings (SSSR count). The maximum atomic E-state index is 10.9. The van der Waals surface area contributed by atoms with E-state index in [0.29, 0.717) is 12.5 Å². The molecule has 2 aliphatic heterocycles. The molecule has 0 saturated carbocycles. The van der Waals surface area contributed by atoms with Crippen LogP contribution in [0.5, 0.6) is 11.5 Å². The molecule has 1 aromatic carbocycles. The van der Waals surface area contributed by atoms with Gasteiger partial charge in [-0.3, -0.25) is 4.90 Å². The largest absolute Gasteiger partial charge is 0.493 e. The lowest BCUT2D eigenvalue weighted by molar-refractivity contribution is -0.0259. The van der Waals surface area contributed by atoms with E-state index < -0.39 is 0 Å². The number of piperidine rings is 1. The molecule has 2 aliphatic rings. The Labute approximate surface area is 179 Å². The minimum absolute atomic E-state index is 0.234. The van der Waals surface area contributed by atoms with Crippen molar-refractivity contribution in [2.75, 3.05) is 26.8 Å². The number of imidazole rings is 1. The van der Waals surface area contributed by atoms with Gasteiger partial charge in [-0.2, -0.15) is 0 Å². The van der Waals surface area contributed by atoms with E-state index in [1.165, 1.54) is 11.1 Å². The fourth-order valence-corrected chi connectivity index (χ4v) is 5.04. The summed E-state index contributed by atoms with van der Waals surface area (Å²) in [6.45, 7) is 10.1. The van der Waals surface area contributed by atoms with Crippen molar-refractivity contribution < 1.29 is 14.6 Å². The van der Waals surface area contributed by atoms with Crippen LogP contribution in [0.3, 0.4) is 0 Å². The Morgan fingerprint density at radius 1 is 1.23 bits per heavy atom. The van der Waals surface area contributed by atoms with Crippen molar-refractivity contribution in [3.63, 3.8) is 0 Å². The van der Waals surface area contributed by atoms with Crippen LogP contribution in [0.1, 0.15) is 50.8 Å². The normalized spacial score (nSPS) is 24.2. The third-order valence-corrected chi connectivity index (χ3v) is 6.41. The van der Waals surface area contributed by atoms with Crippen LogP contribution in [0.25, 0.3) is 0 Å². The van der Waals surface area contributed by atoms with Crippen molar-refractivity contribution in [2.45, 2.75) is 58.7 Å². The molecule has 1 N–H and O–H groups in total. The zero-order chi connectivity index (χ0) is 21.3. The van der Waals surface area contributed by atoms with E-state index in [4.69, 9.17) is 9.47 Å². The monoisotopic (exact) mass is 413 g/mol. The highest BCUT2D eigenvalue weighted by atomic mass is 16.5.